The topological polar surface area (TPSA) is 64.2 Å². The molecule has 1 heterocycles. The Morgan fingerprint density at radius 3 is 2.77 bits per heavy atom. The first-order chi connectivity index (χ1) is 6.29. The van der Waals surface area contributed by atoms with E-state index in [9.17, 15) is 8.76 Å². The molecule has 1 saturated heterocycles. The van der Waals surface area contributed by atoms with Crippen molar-refractivity contribution >= 4 is 11.1 Å². The van der Waals surface area contributed by atoms with Crippen molar-refractivity contribution in [2.75, 3.05) is 25.4 Å². The summed E-state index contributed by atoms with van der Waals surface area (Å²) < 4.78 is 20.4. The molecule has 1 atom stereocenters. The molecule has 0 aliphatic carbocycles. The third kappa shape index (κ3) is 5.36. The van der Waals surface area contributed by atoms with Crippen molar-refractivity contribution in [3.05, 3.63) is 0 Å². The lowest BCUT2D eigenvalue weighted by molar-refractivity contribution is 0.388. The van der Waals surface area contributed by atoms with Gasteiger partial charge in [0.1, 0.15) is 0 Å². The van der Waals surface area contributed by atoms with E-state index in [2.05, 4.69) is 10.6 Å². The van der Waals surface area contributed by atoms with Crippen molar-refractivity contribution in [3.8, 4) is 0 Å². The van der Waals surface area contributed by atoms with Crippen LogP contribution in [0, 0.1) is 0 Å². The number of hydrogen-bond donors (Lipinski definition) is 2. The Bertz CT molecular complexity index is 160. The molecule has 0 amide bonds. The molecule has 1 aliphatic rings. The summed E-state index contributed by atoms with van der Waals surface area (Å²) in [6, 6.07) is 0.585. The zero-order chi connectivity index (χ0) is 9.52. The van der Waals surface area contributed by atoms with Crippen LogP contribution < -0.4 is 10.6 Å². The molecule has 0 spiro atoms. The lowest BCUT2D eigenvalue weighted by Crippen LogP contribution is -2.40. The van der Waals surface area contributed by atoms with Gasteiger partial charge in [0.15, 0.2) is 0 Å². The van der Waals surface area contributed by atoms with Crippen molar-refractivity contribution in [2.45, 2.75) is 25.3 Å². The predicted octanol–water partition coefficient (Wildman–Crippen LogP) is -0.403. The van der Waals surface area contributed by atoms with Gasteiger partial charge in [0.2, 0.25) is 0 Å². The fourth-order valence-corrected chi connectivity index (χ4v) is 1.90. The molecule has 0 saturated carbocycles. The van der Waals surface area contributed by atoms with E-state index in [1.807, 2.05) is 0 Å². The van der Waals surface area contributed by atoms with E-state index in [0.717, 1.165) is 38.9 Å². The molecule has 13 heavy (non-hydrogen) atoms. The molecule has 4 nitrogen and oxygen atoms in total. The Hall–Kier alpha value is 0.0300. The Kier molecular flexibility index (Phi) is 5.54. The molecule has 2 N–H and O–H groups in total. The highest BCUT2D eigenvalue weighted by Crippen LogP contribution is 2.01. The summed E-state index contributed by atoms with van der Waals surface area (Å²) in [4.78, 5) is 0. The Balaban J connectivity index is 1.95. The van der Waals surface area contributed by atoms with E-state index < -0.39 is 11.1 Å². The molecule has 78 valence electrons. The lowest BCUT2D eigenvalue weighted by atomic mass is 10.1. The van der Waals surface area contributed by atoms with Crippen LogP contribution in [0.4, 0.5) is 0 Å². The molecule has 1 fully saturated rings. The summed E-state index contributed by atoms with van der Waals surface area (Å²) in [5.41, 5.74) is 0. The largest absolute Gasteiger partial charge is 0.772 e. The van der Waals surface area contributed by atoms with Crippen molar-refractivity contribution in [1.29, 1.82) is 0 Å². The van der Waals surface area contributed by atoms with Crippen LogP contribution in [0.5, 0.6) is 0 Å². The Labute approximate surface area is 81.8 Å². The van der Waals surface area contributed by atoms with Crippen LogP contribution in [0.2, 0.25) is 0 Å². The maximum Gasteiger partial charge on any atom is 0.0114 e. The molecule has 5 heteroatoms. The number of nitrogens with one attached hydrogen (secondary N) is 2. The minimum Gasteiger partial charge on any atom is -0.772 e. The minimum atomic E-state index is -1.87. The highest BCUT2D eigenvalue weighted by molar-refractivity contribution is 7.79. The molecule has 0 bridgehead atoms. The Morgan fingerprint density at radius 1 is 1.46 bits per heavy atom. The summed E-state index contributed by atoms with van der Waals surface area (Å²) in [5.74, 6) is 0.276. The highest BCUT2D eigenvalue weighted by Gasteiger charge is 2.10. The average Bonchev–Trinajstić information content (AvgIpc) is 2.14. The summed E-state index contributed by atoms with van der Waals surface area (Å²) in [6.07, 6.45) is 3.03. The molecule has 0 radical (unpaired) electrons. The Morgan fingerprint density at radius 2 is 2.15 bits per heavy atom. The average molecular weight is 205 g/mol. The van der Waals surface area contributed by atoms with E-state index in [-0.39, 0.29) is 5.75 Å². The fourth-order valence-electron chi connectivity index (χ4n) is 1.52. The normalized spacial score (nSPS) is 21.6. The minimum absolute atomic E-state index is 0.276. The van der Waals surface area contributed by atoms with Gasteiger partial charge in [-0.2, -0.15) is 0 Å². The maximum atomic E-state index is 10.2. The van der Waals surface area contributed by atoms with Crippen molar-refractivity contribution in [2.24, 2.45) is 0 Å². The van der Waals surface area contributed by atoms with Gasteiger partial charge in [0.05, 0.1) is 0 Å². The van der Waals surface area contributed by atoms with E-state index >= 15 is 0 Å². The van der Waals surface area contributed by atoms with Gasteiger partial charge < -0.3 is 15.2 Å². The molecule has 1 unspecified atom stereocenters. The van der Waals surface area contributed by atoms with E-state index in [4.69, 9.17) is 0 Å². The fraction of sp³-hybridized carbons (Fsp3) is 1.00. The lowest BCUT2D eigenvalue weighted by Gasteiger charge is -2.23. The second kappa shape index (κ2) is 6.48. The zero-order valence-electron chi connectivity index (χ0n) is 7.75. The van der Waals surface area contributed by atoms with E-state index in [0.29, 0.717) is 6.04 Å². The second-order valence-electron chi connectivity index (χ2n) is 3.34. The SMILES string of the molecule is O=S([O-])CCCNC1CCNCC1. The number of piperidine rings is 1. The first kappa shape index (κ1) is 11.1. The van der Waals surface area contributed by atoms with Gasteiger partial charge in [0.25, 0.3) is 0 Å². The predicted molar refractivity (Wildman–Crippen MR) is 52.3 cm³/mol. The van der Waals surface area contributed by atoms with Crippen LogP contribution in [0.15, 0.2) is 0 Å². The molecular weight excluding hydrogens is 188 g/mol. The molecule has 0 aromatic carbocycles. The van der Waals surface area contributed by atoms with Crippen molar-refractivity contribution in [3.63, 3.8) is 0 Å². The monoisotopic (exact) mass is 205 g/mol. The van der Waals surface area contributed by atoms with Crippen LogP contribution in [-0.4, -0.2) is 40.2 Å². The smallest absolute Gasteiger partial charge is 0.0114 e. The third-order valence-corrected chi connectivity index (χ3v) is 2.88. The second-order valence-corrected chi connectivity index (χ2v) is 4.36. The van der Waals surface area contributed by atoms with Crippen molar-refractivity contribution < 1.29 is 8.76 Å². The van der Waals surface area contributed by atoms with Gasteiger partial charge >= 0.3 is 0 Å². The van der Waals surface area contributed by atoms with Gasteiger partial charge in [0, 0.05) is 11.8 Å². The van der Waals surface area contributed by atoms with Crippen LogP contribution in [0.3, 0.4) is 0 Å². The quantitative estimate of drug-likeness (QED) is 0.473. The summed E-state index contributed by atoms with van der Waals surface area (Å²) >= 11 is -1.87. The van der Waals surface area contributed by atoms with Gasteiger partial charge in [-0.1, -0.05) is 11.1 Å². The van der Waals surface area contributed by atoms with Crippen LogP contribution in [-0.2, 0) is 11.1 Å². The molecule has 0 aromatic heterocycles. The first-order valence-corrected chi connectivity index (χ1v) is 6.03. The van der Waals surface area contributed by atoms with Gasteiger partial charge in [-0.15, -0.1) is 0 Å². The van der Waals surface area contributed by atoms with Gasteiger partial charge in [-0.25, -0.2) is 0 Å². The highest BCUT2D eigenvalue weighted by atomic mass is 32.2. The van der Waals surface area contributed by atoms with E-state index in [1.54, 1.807) is 0 Å². The molecule has 1 rings (SSSR count). The maximum absolute atomic E-state index is 10.2. The van der Waals surface area contributed by atoms with Crippen LogP contribution in [0.25, 0.3) is 0 Å². The summed E-state index contributed by atoms with van der Waals surface area (Å²) in [7, 11) is 0. The van der Waals surface area contributed by atoms with Crippen molar-refractivity contribution in [1.82, 2.24) is 10.6 Å². The van der Waals surface area contributed by atoms with Gasteiger partial charge in [-0.05, 0) is 38.9 Å². The number of hydrogen-bond acceptors (Lipinski definition) is 4. The zero-order valence-corrected chi connectivity index (χ0v) is 8.57. The third-order valence-electron chi connectivity index (χ3n) is 2.26. The molecule has 1 aliphatic heterocycles. The molecular formula is C8H17N2O2S-. The number of rotatable bonds is 5. The van der Waals surface area contributed by atoms with E-state index in [1.165, 1.54) is 0 Å². The summed E-state index contributed by atoms with van der Waals surface area (Å²) in [6.45, 7) is 2.97. The standard InChI is InChI=1S/C8H18N2O2S/c11-13(12)7-1-4-10-8-2-5-9-6-3-8/h8-10H,1-7H2,(H,11,12)/p-1. The van der Waals surface area contributed by atoms with Crippen LogP contribution >= 0.6 is 0 Å². The first-order valence-electron chi connectivity index (χ1n) is 4.79. The van der Waals surface area contributed by atoms with Crippen LogP contribution in [0.1, 0.15) is 19.3 Å². The van der Waals surface area contributed by atoms with Gasteiger partial charge in [-0.3, -0.25) is 4.21 Å². The molecule has 0 aromatic rings. The summed E-state index contributed by atoms with van der Waals surface area (Å²) in [5, 5.41) is 6.65.